The molecule has 0 bridgehead atoms. The number of hydrogen-bond donors (Lipinski definition) is 1. The molecular formula is C16H12F2N4O2. The first-order chi connectivity index (χ1) is 11.5. The Balaban J connectivity index is 1.53. The number of H-pyrrole nitrogens is 1. The number of benzene rings is 1. The highest BCUT2D eigenvalue weighted by Crippen LogP contribution is 2.79. The van der Waals surface area contributed by atoms with Gasteiger partial charge in [-0.05, 0) is 25.0 Å². The molecule has 2 aromatic heterocycles. The lowest BCUT2D eigenvalue weighted by Gasteiger charge is -2.25. The summed E-state index contributed by atoms with van der Waals surface area (Å²) in [6.45, 7) is 0. The van der Waals surface area contributed by atoms with Gasteiger partial charge in [0.1, 0.15) is 5.92 Å². The first kappa shape index (κ1) is 13.8. The Kier molecular flexibility index (Phi) is 2.44. The van der Waals surface area contributed by atoms with Gasteiger partial charge >= 0.3 is 0 Å². The quantitative estimate of drug-likeness (QED) is 0.781. The molecule has 1 spiro atoms. The van der Waals surface area contributed by atoms with Crippen LogP contribution in [0.25, 0.3) is 22.3 Å². The first-order valence-corrected chi connectivity index (χ1v) is 7.72. The number of nitrogens with one attached hydrogen (secondary N) is 1. The van der Waals surface area contributed by atoms with E-state index in [0.29, 0.717) is 29.3 Å². The molecule has 2 aliphatic carbocycles. The minimum atomic E-state index is -2.76. The summed E-state index contributed by atoms with van der Waals surface area (Å²) in [6, 6.07) is 4.90. The van der Waals surface area contributed by atoms with Gasteiger partial charge in [-0.3, -0.25) is 4.79 Å². The molecule has 24 heavy (non-hydrogen) atoms. The summed E-state index contributed by atoms with van der Waals surface area (Å²) >= 11 is 0. The van der Waals surface area contributed by atoms with Crippen molar-refractivity contribution in [3.05, 3.63) is 40.8 Å². The summed E-state index contributed by atoms with van der Waals surface area (Å²) in [4.78, 5) is 22.4. The molecule has 0 saturated heterocycles. The first-order valence-electron chi connectivity index (χ1n) is 7.72. The van der Waals surface area contributed by atoms with Crippen LogP contribution in [-0.2, 0) is 0 Å². The smallest absolute Gasteiger partial charge is 0.266 e. The van der Waals surface area contributed by atoms with Gasteiger partial charge in [-0.1, -0.05) is 17.6 Å². The van der Waals surface area contributed by atoms with Crippen molar-refractivity contribution in [1.29, 1.82) is 0 Å². The van der Waals surface area contributed by atoms with Gasteiger partial charge in [0.25, 0.3) is 11.5 Å². The summed E-state index contributed by atoms with van der Waals surface area (Å²) in [6.07, 6.45) is 3.13. The largest absolute Gasteiger partial charge is 0.338 e. The van der Waals surface area contributed by atoms with Gasteiger partial charge in [0, 0.05) is 5.56 Å². The molecule has 1 atom stereocenters. The van der Waals surface area contributed by atoms with Crippen molar-refractivity contribution in [2.24, 2.45) is 5.41 Å². The topological polar surface area (TPSA) is 84.7 Å². The summed E-state index contributed by atoms with van der Waals surface area (Å²) in [5.41, 5.74) is -0.156. The average molecular weight is 330 g/mol. The second-order valence-electron chi connectivity index (χ2n) is 6.49. The molecule has 1 unspecified atom stereocenters. The van der Waals surface area contributed by atoms with Crippen LogP contribution in [0.1, 0.15) is 31.1 Å². The second kappa shape index (κ2) is 4.25. The number of fused-ring (bicyclic) bond motifs is 1. The molecule has 1 aromatic carbocycles. The van der Waals surface area contributed by atoms with Crippen LogP contribution >= 0.6 is 0 Å². The van der Waals surface area contributed by atoms with Crippen molar-refractivity contribution in [2.75, 3.05) is 0 Å². The third-order valence-corrected chi connectivity index (χ3v) is 5.33. The monoisotopic (exact) mass is 330 g/mol. The highest BCUT2D eigenvalue weighted by Gasteiger charge is 2.84. The lowest BCUT2D eigenvalue weighted by atomic mass is 9.79. The molecule has 0 radical (unpaired) electrons. The number of hydrogen-bond acceptors (Lipinski definition) is 5. The van der Waals surface area contributed by atoms with E-state index in [0.717, 1.165) is 6.42 Å². The summed E-state index contributed by atoms with van der Waals surface area (Å²) in [7, 11) is 0. The minimum absolute atomic E-state index is 0.00587. The van der Waals surface area contributed by atoms with E-state index in [4.69, 9.17) is 4.52 Å². The van der Waals surface area contributed by atoms with E-state index in [-0.39, 0.29) is 17.3 Å². The van der Waals surface area contributed by atoms with Crippen LogP contribution in [0, 0.1) is 5.41 Å². The Hall–Kier alpha value is -2.64. The van der Waals surface area contributed by atoms with Gasteiger partial charge in [0.2, 0.25) is 11.7 Å². The molecule has 3 aromatic rings. The van der Waals surface area contributed by atoms with Crippen molar-refractivity contribution in [1.82, 2.24) is 20.1 Å². The molecule has 2 aliphatic rings. The maximum absolute atomic E-state index is 14.1. The molecule has 2 fully saturated rings. The fraction of sp³-hybridized carbons (Fsp3) is 0.375. The van der Waals surface area contributed by atoms with Crippen LogP contribution in [0.4, 0.5) is 8.78 Å². The maximum atomic E-state index is 14.1. The van der Waals surface area contributed by atoms with Crippen molar-refractivity contribution in [2.45, 2.75) is 31.1 Å². The Bertz CT molecular complexity index is 1020. The molecule has 1 N–H and O–H groups in total. The number of rotatable bonds is 2. The third kappa shape index (κ3) is 1.58. The van der Waals surface area contributed by atoms with Crippen LogP contribution in [0.2, 0.25) is 0 Å². The lowest BCUT2D eigenvalue weighted by molar-refractivity contribution is 0.0290. The van der Waals surface area contributed by atoms with Crippen LogP contribution in [-0.4, -0.2) is 26.0 Å². The Morgan fingerprint density at radius 2 is 2.12 bits per heavy atom. The Morgan fingerprint density at radius 3 is 2.83 bits per heavy atom. The molecule has 2 saturated carbocycles. The van der Waals surface area contributed by atoms with Gasteiger partial charge in [-0.25, -0.2) is 13.8 Å². The van der Waals surface area contributed by atoms with E-state index in [1.807, 2.05) is 0 Å². The van der Waals surface area contributed by atoms with Crippen LogP contribution in [0.5, 0.6) is 0 Å². The zero-order chi connectivity index (χ0) is 16.5. The number of halogens is 2. The van der Waals surface area contributed by atoms with E-state index < -0.39 is 17.3 Å². The zero-order valence-electron chi connectivity index (χ0n) is 12.4. The van der Waals surface area contributed by atoms with Gasteiger partial charge < -0.3 is 9.51 Å². The van der Waals surface area contributed by atoms with E-state index in [2.05, 4.69) is 20.1 Å². The van der Waals surface area contributed by atoms with E-state index in [9.17, 15) is 13.6 Å². The Labute approximate surface area is 133 Å². The number of nitrogens with zero attached hydrogens (tertiary/aromatic N) is 3. The Morgan fingerprint density at radius 1 is 1.29 bits per heavy atom. The number of aromatic nitrogens is 4. The van der Waals surface area contributed by atoms with Crippen molar-refractivity contribution >= 4 is 10.9 Å². The van der Waals surface area contributed by atoms with E-state index in [1.54, 1.807) is 18.2 Å². The SMILES string of the molecule is O=c1[nH]cnc2cc(-c3noc(C4C(F)(F)C45CCC5)n3)ccc12. The summed E-state index contributed by atoms with van der Waals surface area (Å²) in [5.74, 6) is -3.51. The molecule has 6 nitrogen and oxygen atoms in total. The molecule has 0 amide bonds. The van der Waals surface area contributed by atoms with Crippen molar-refractivity contribution in [3.63, 3.8) is 0 Å². The minimum Gasteiger partial charge on any atom is -0.338 e. The van der Waals surface area contributed by atoms with Crippen molar-refractivity contribution in [3.8, 4) is 11.4 Å². The molecule has 0 aliphatic heterocycles. The zero-order valence-corrected chi connectivity index (χ0v) is 12.4. The van der Waals surface area contributed by atoms with Crippen molar-refractivity contribution < 1.29 is 13.3 Å². The van der Waals surface area contributed by atoms with Gasteiger partial charge in [0.05, 0.1) is 22.6 Å². The summed E-state index contributed by atoms with van der Waals surface area (Å²) < 4.78 is 33.3. The molecule has 5 rings (SSSR count). The molecule has 2 heterocycles. The normalized spacial score (nSPS) is 23.3. The van der Waals surface area contributed by atoms with Crippen LogP contribution in [0.3, 0.4) is 0 Å². The fourth-order valence-corrected chi connectivity index (χ4v) is 3.76. The lowest BCUT2D eigenvalue weighted by Crippen LogP contribution is -2.20. The molecule has 122 valence electrons. The van der Waals surface area contributed by atoms with Gasteiger partial charge in [-0.15, -0.1) is 0 Å². The average Bonchev–Trinajstić information content (AvgIpc) is 2.83. The van der Waals surface area contributed by atoms with Gasteiger partial charge in [0.15, 0.2) is 0 Å². The van der Waals surface area contributed by atoms with E-state index >= 15 is 0 Å². The highest BCUT2D eigenvalue weighted by molar-refractivity contribution is 5.81. The molecule has 8 heteroatoms. The van der Waals surface area contributed by atoms with Crippen LogP contribution < -0.4 is 5.56 Å². The third-order valence-electron chi connectivity index (χ3n) is 5.33. The van der Waals surface area contributed by atoms with Crippen LogP contribution in [0.15, 0.2) is 33.8 Å². The fourth-order valence-electron chi connectivity index (χ4n) is 3.76. The predicted octanol–water partition coefficient (Wildman–Crippen LogP) is 2.88. The number of aromatic amines is 1. The molecular weight excluding hydrogens is 318 g/mol. The number of alkyl halides is 2. The summed E-state index contributed by atoms with van der Waals surface area (Å²) in [5, 5.41) is 4.27. The van der Waals surface area contributed by atoms with Gasteiger partial charge in [-0.2, -0.15) is 4.98 Å². The predicted molar refractivity (Wildman–Crippen MR) is 79.6 cm³/mol. The second-order valence-corrected chi connectivity index (χ2v) is 6.49. The van der Waals surface area contributed by atoms with E-state index in [1.165, 1.54) is 6.33 Å². The highest BCUT2D eigenvalue weighted by atomic mass is 19.3. The maximum Gasteiger partial charge on any atom is 0.266 e. The standard InChI is InChI=1S/C16H12F2N4O2/c17-16(18)11(15(16)4-1-5-15)14-21-12(22-24-14)8-2-3-9-10(6-8)19-7-20-13(9)23/h2-3,6-7,11H,1,4-5H2,(H,19,20,23).